The van der Waals surface area contributed by atoms with Crippen LogP contribution < -0.4 is 0 Å². The second kappa shape index (κ2) is 2.96. The van der Waals surface area contributed by atoms with Crippen LogP contribution in [0.25, 0.3) is 0 Å². The van der Waals surface area contributed by atoms with Gasteiger partial charge in [-0.2, -0.15) is 0 Å². The maximum atomic E-state index is 10.5. The van der Waals surface area contributed by atoms with E-state index in [0.717, 1.165) is 6.26 Å². The number of rotatable bonds is 3. The van der Waals surface area contributed by atoms with Crippen LogP contribution in [0, 0.1) is 5.41 Å². The molecule has 0 heterocycles. The van der Waals surface area contributed by atoms with Crippen LogP contribution in [-0.4, -0.2) is 26.1 Å². The van der Waals surface area contributed by atoms with Crippen molar-refractivity contribution in [2.45, 2.75) is 13.3 Å². The van der Waals surface area contributed by atoms with E-state index < -0.39 is 9.84 Å². The minimum atomic E-state index is -2.96. The lowest BCUT2D eigenvalue weighted by Gasteiger charge is -1.95. The summed E-state index contributed by atoms with van der Waals surface area (Å²) in [6, 6.07) is 0. The van der Waals surface area contributed by atoms with Gasteiger partial charge in [0.1, 0.15) is 0 Å². The fourth-order valence-electron chi connectivity index (χ4n) is 0.419. The third-order valence-electron chi connectivity index (χ3n) is 0.863. The molecular weight excluding hydrogens is 138 g/mol. The van der Waals surface area contributed by atoms with Gasteiger partial charge in [0.15, 0.2) is 9.84 Å². The van der Waals surface area contributed by atoms with Crippen LogP contribution in [-0.2, 0) is 9.84 Å². The molecule has 0 saturated heterocycles. The smallest absolute Gasteiger partial charge is 0.152 e. The van der Waals surface area contributed by atoms with Gasteiger partial charge in [0.2, 0.25) is 0 Å². The second-order valence-corrected chi connectivity index (χ2v) is 4.17. The van der Waals surface area contributed by atoms with Gasteiger partial charge in [-0.25, -0.2) is 8.42 Å². The summed E-state index contributed by atoms with van der Waals surface area (Å²) < 4.78 is 20.9. The molecule has 0 amide bonds. The Morgan fingerprint density at radius 2 is 2.00 bits per heavy atom. The van der Waals surface area contributed by atoms with Gasteiger partial charge in [-0.3, -0.25) is 0 Å². The Kier molecular flexibility index (Phi) is 2.84. The Morgan fingerprint density at radius 3 is 2.11 bits per heavy atom. The normalized spacial score (nSPS) is 11.3. The van der Waals surface area contributed by atoms with Crippen LogP contribution in [0.4, 0.5) is 0 Å². The standard InChI is InChI=1S/C5H11NO2S/c1-3-5(6)4-9(2,7)8/h6H,3-4H2,1-2H3. The Morgan fingerprint density at radius 1 is 1.56 bits per heavy atom. The summed E-state index contributed by atoms with van der Waals surface area (Å²) in [5.74, 6) is -0.0938. The van der Waals surface area contributed by atoms with Crippen molar-refractivity contribution in [3.63, 3.8) is 0 Å². The molecule has 0 radical (unpaired) electrons. The van der Waals surface area contributed by atoms with E-state index in [4.69, 9.17) is 5.41 Å². The SMILES string of the molecule is CCC(=N)CS(C)(=O)=O. The first-order valence-corrected chi connectivity index (χ1v) is 4.75. The predicted octanol–water partition coefficient (Wildman–Crippen LogP) is 0.461. The molecule has 0 spiro atoms. The molecule has 0 aliphatic carbocycles. The molecule has 0 rings (SSSR count). The molecule has 0 bridgehead atoms. The Balaban J connectivity index is 3.91. The third kappa shape index (κ3) is 5.49. The van der Waals surface area contributed by atoms with Crippen molar-refractivity contribution in [1.29, 1.82) is 5.41 Å². The number of nitrogens with one attached hydrogen (secondary N) is 1. The number of hydrogen-bond donors (Lipinski definition) is 1. The molecule has 0 saturated carbocycles. The quantitative estimate of drug-likeness (QED) is 0.593. The van der Waals surface area contributed by atoms with Crippen LogP contribution in [0.5, 0.6) is 0 Å². The largest absolute Gasteiger partial charge is 0.309 e. The van der Waals surface area contributed by atoms with E-state index in [2.05, 4.69) is 0 Å². The molecule has 0 aromatic heterocycles. The summed E-state index contributed by atoms with van der Waals surface area (Å²) >= 11 is 0. The van der Waals surface area contributed by atoms with Crippen molar-refractivity contribution >= 4 is 15.5 Å². The molecule has 1 N–H and O–H groups in total. The Labute approximate surface area is 55.5 Å². The fourth-order valence-corrected chi connectivity index (χ4v) is 1.26. The molecule has 0 atom stereocenters. The zero-order valence-corrected chi connectivity index (χ0v) is 6.46. The highest BCUT2D eigenvalue weighted by atomic mass is 32.2. The van der Waals surface area contributed by atoms with Gasteiger partial charge in [-0.15, -0.1) is 0 Å². The first-order chi connectivity index (χ1) is 3.95. The summed E-state index contributed by atoms with van der Waals surface area (Å²) in [7, 11) is -2.96. The zero-order chi connectivity index (χ0) is 7.49. The van der Waals surface area contributed by atoms with Gasteiger partial charge >= 0.3 is 0 Å². The first-order valence-electron chi connectivity index (χ1n) is 2.69. The summed E-state index contributed by atoms with van der Waals surface area (Å²) in [6.07, 6.45) is 1.66. The summed E-state index contributed by atoms with van der Waals surface area (Å²) in [4.78, 5) is 0. The average molecular weight is 149 g/mol. The van der Waals surface area contributed by atoms with E-state index in [1.165, 1.54) is 0 Å². The van der Waals surface area contributed by atoms with E-state index in [-0.39, 0.29) is 11.5 Å². The minimum Gasteiger partial charge on any atom is -0.309 e. The third-order valence-corrected chi connectivity index (χ3v) is 1.74. The summed E-state index contributed by atoms with van der Waals surface area (Å²) in [5.41, 5.74) is 0.275. The molecule has 54 valence electrons. The molecule has 0 aromatic carbocycles. The van der Waals surface area contributed by atoms with Crippen LogP contribution in [0.2, 0.25) is 0 Å². The van der Waals surface area contributed by atoms with Gasteiger partial charge < -0.3 is 5.41 Å². The predicted molar refractivity (Wildman–Crippen MR) is 37.7 cm³/mol. The highest BCUT2D eigenvalue weighted by Gasteiger charge is 2.03. The van der Waals surface area contributed by atoms with Crippen LogP contribution in [0.15, 0.2) is 0 Å². The Hall–Kier alpha value is -0.380. The molecule has 0 fully saturated rings. The highest BCUT2D eigenvalue weighted by Crippen LogP contribution is 1.87. The van der Waals surface area contributed by atoms with E-state index in [1.807, 2.05) is 0 Å². The van der Waals surface area contributed by atoms with Gasteiger partial charge in [0.25, 0.3) is 0 Å². The number of hydrogen-bond acceptors (Lipinski definition) is 3. The van der Waals surface area contributed by atoms with E-state index in [9.17, 15) is 8.42 Å². The van der Waals surface area contributed by atoms with E-state index in [1.54, 1.807) is 6.92 Å². The summed E-state index contributed by atoms with van der Waals surface area (Å²) in [5, 5.41) is 7.01. The molecular formula is C5H11NO2S. The van der Waals surface area contributed by atoms with Gasteiger partial charge in [-0.05, 0) is 6.42 Å². The van der Waals surface area contributed by atoms with Crippen LogP contribution in [0.3, 0.4) is 0 Å². The van der Waals surface area contributed by atoms with Gasteiger partial charge in [-0.1, -0.05) is 6.92 Å². The van der Waals surface area contributed by atoms with Gasteiger partial charge in [0, 0.05) is 12.0 Å². The molecule has 4 heteroatoms. The molecule has 3 nitrogen and oxygen atoms in total. The van der Waals surface area contributed by atoms with Crippen molar-refractivity contribution in [3.8, 4) is 0 Å². The lowest BCUT2D eigenvalue weighted by molar-refractivity contribution is 0.605. The Bertz CT molecular complexity index is 193. The lowest BCUT2D eigenvalue weighted by atomic mass is 10.3. The molecule has 9 heavy (non-hydrogen) atoms. The van der Waals surface area contributed by atoms with Gasteiger partial charge in [0.05, 0.1) is 5.75 Å². The maximum absolute atomic E-state index is 10.5. The van der Waals surface area contributed by atoms with E-state index in [0.29, 0.717) is 6.42 Å². The molecule has 0 aromatic rings. The molecule has 0 unspecified atom stereocenters. The molecule has 0 aliphatic heterocycles. The van der Waals surface area contributed by atoms with Crippen molar-refractivity contribution in [2.75, 3.05) is 12.0 Å². The van der Waals surface area contributed by atoms with Crippen LogP contribution >= 0.6 is 0 Å². The second-order valence-electron chi connectivity index (χ2n) is 2.03. The van der Waals surface area contributed by atoms with Crippen LogP contribution in [0.1, 0.15) is 13.3 Å². The van der Waals surface area contributed by atoms with E-state index >= 15 is 0 Å². The molecule has 0 aliphatic rings. The highest BCUT2D eigenvalue weighted by molar-refractivity contribution is 7.91. The van der Waals surface area contributed by atoms with Crippen molar-refractivity contribution in [1.82, 2.24) is 0 Å². The van der Waals surface area contributed by atoms with Crippen molar-refractivity contribution in [3.05, 3.63) is 0 Å². The van der Waals surface area contributed by atoms with Crippen molar-refractivity contribution < 1.29 is 8.42 Å². The average Bonchev–Trinajstić information content (AvgIpc) is 1.62. The lowest BCUT2D eigenvalue weighted by Crippen LogP contribution is -2.12. The monoisotopic (exact) mass is 149 g/mol. The van der Waals surface area contributed by atoms with Crippen molar-refractivity contribution in [2.24, 2.45) is 0 Å². The minimum absolute atomic E-state index is 0.0938. The zero-order valence-electron chi connectivity index (χ0n) is 5.64. The fraction of sp³-hybridized carbons (Fsp3) is 0.800. The topological polar surface area (TPSA) is 58.0 Å². The number of sulfone groups is 1. The first kappa shape index (κ1) is 8.62. The maximum Gasteiger partial charge on any atom is 0.152 e. The summed E-state index contributed by atoms with van der Waals surface area (Å²) in [6.45, 7) is 1.77.